The predicted molar refractivity (Wildman–Crippen MR) is 45.9 cm³/mol. The summed E-state index contributed by atoms with van der Waals surface area (Å²) in [6.07, 6.45) is 0. The molecule has 0 atom stereocenters. The van der Waals surface area contributed by atoms with Crippen LogP contribution in [0.15, 0.2) is 0 Å². The van der Waals surface area contributed by atoms with E-state index in [4.69, 9.17) is 0 Å². The Kier molecular flexibility index (Phi) is 18.0. The van der Waals surface area contributed by atoms with E-state index >= 15 is 0 Å². The molecule has 0 bridgehead atoms. The second-order valence-corrected chi connectivity index (χ2v) is 4.37. The van der Waals surface area contributed by atoms with E-state index in [1.165, 1.54) is 0 Å². The van der Waals surface area contributed by atoms with E-state index in [1.807, 2.05) is 0 Å². The molecule has 0 aliphatic heterocycles. The third-order valence-electron chi connectivity index (χ3n) is 1.02. The molecule has 0 saturated heterocycles. The Hall–Kier alpha value is 1.33. The van der Waals surface area contributed by atoms with Gasteiger partial charge in [-0.1, -0.05) is 0 Å². The second-order valence-electron chi connectivity index (χ2n) is 1.44. The first-order chi connectivity index (χ1) is 3.72. The van der Waals surface area contributed by atoms with Crippen LogP contribution in [-0.2, 0) is 19.5 Å². The molecule has 0 fully saturated rings. The van der Waals surface area contributed by atoms with E-state index in [2.05, 4.69) is 50.3 Å². The van der Waals surface area contributed by atoms with Gasteiger partial charge in [0.2, 0.25) is 0 Å². The van der Waals surface area contributed by atoms with Crippen LogP contribution in [0, 0.1) is 7.43 Å². The molecule has 1 nitrogen and oxygen atoms in total. The summed E-state index contributed by atoms with van der Waals surface area (Å²) in [6, 6.07) is 0. The summed E-state index contributed by atoms with van der Waals surface area (Å²) in [5, 5.41) is 0. The van der Waals surface area contributed by atoms with Gasteiger partial charge in [-0.2, -0.15) is 0 Å². The fourth-order valence-electron chi connectivity index (χ4n) is 0.482. The number of nitrogens with zero attached hydrogens (tertiary/aromatic N) is 1. The molecule has 0 saturated carbocycles. The third-order valence-corrected chi connectivity index (χ3v) is 2.11. The Morgan fingerprint density at radius 1 is 1.30 bits per heavy atom. The normalized spacial score (nSPS) is 7.00. The van der Waals surface area contributed by atoms with Crippen LogP contribution in [-0.4, -0.2) is 53.0 Å². The number of hydrogen-bond acceptors (Lipinski definition) is 1. The molecule has 0 aromatic rings. The molecule has 0 aliphatic rings. The molecular formula is C6H13NSe2Zn-. The van der Waals surface area contributed by atoms with Gasteiger partial charge in [-0.15, -0.1) is 0 Å². The number of hydrogen-bond donors (Lipinski definition) is 0. The maximum Gasteiger partial charge on any atom is 0 e. The molecule has 0 heterocycles. The molecule has 0 N–H and O–H groups in total. The molecule has 0 aromatic heterocycles. The minimum Gasteiger partial charge on any atom is -0.358 e. The zero-order chi connectivity index (χ0) is 6.57. The Bertz CT molecular complexity index is 83.8. The fourth-order valence-corrected chi connectivity index (χ4v) is 1.57. The van der Waals surface area contributed by atoms with E-state index < -0.39 is 0 Å². The van der Waals surface area contributed by atoms with Gasteiger partial charge in [-0.25, -0.2) is 0 Å². The average Bonchev–Trinajstić information content (AvgIpc) is 1.69. The first-order valence-corrected chi connectivity index (χ1v) is 4.39. The van der Waals surface area contributed by atoms with Gasteiger partial charge in [0.05, 0.1) is 0 Å². The van der Waals surface area contributed by atoms with Gasteiger partial charge in [0.1, 0.15) is 0 Å². The Morgan fingerprint density at radius 3 is 1.60 bits per heavy atom. The molecule has 0 amide bonds. The molecule has 0 rings (SSSR count). The Balaban J connectivity index is -0.000000245. The van der Waals surface area contributed by atoms with E-state index in [1.54, 1.807) is 0 Å². The summed E-state index contributed by atoms with van der Waals surface area (Å²) in [5.74, 6) is 0. The molecule has 0 aromatic carbocycles. The predicted octanol–water partition coefficient (Wildman–Crippen LogP) is 0.200. The Morgan fingerprint density at radius 2 is 1.60 bits per heavy atom. The maximum atomic E-state index is 2.93. The zero-order valence-corrected chi connectivity index (χ0v) is 13.3. The van der Waals surface area contributed by atoms with Crippen LogP contribution in [0.3, 0.4) is 0 Å². The van der Waals surface area contributed by atoms with Crippen molar-refractivity contribution in [3.05, 3.63) is 7.43 Å². The quantitative estimate of drug-likeness (QED) is 0.530. The SMILES string of the molecule is CCN(CC)C([Se])=[Se].[CH3-].[Zn]. The van der Waals surface area contributed by atoms with E-state index in [0.29, 0.717) is 0 Å². The fraction of sp³-hybridized carbons (Fsp3) is 0.667. The van der Waals surface area contributed by atoms with Crippen molar-refractivity contribution in [1.82, 2.24) is 4.90 Å². The van der Waals surface area contributed by atoms with Crippen LogP contribution in [0.25, 0.3) is 0 Å². The second kappa shape index (κ2) is 10.3. The van der Waals surface area contributed by atoms with Gasteiger partial charge in [-0.3, -0.25) is 0 Å². The standard InChI is InChI=1S/C5H10NSe2.CH3.Zn/c1-3-6(4-2)5(7)8;;/h3-4H2,1-2H3;1H3;/q;-1;. The van der Waals surface area contributed by atoms with Gasteiger partial charge in [0, 0.05) is 19.5 Å². The van der Waals surface area contributed by atoms with Gasteiger partial charge in [0.15, 0.2) is 0 Å². The van der Waals surface area contributed by atoms with E-state index in [-0.39, 0.29) is 26.9 Å². The van der Waals surface area contributed by atoms with Crippen molar-refractivity contribution in [3.8, 4) is 0 Å². The summed E-state index contributed by atoms with van der Waals surface area (Å²) in [5.41, 5.74) is 0. The molecule has 57 valence electrons. The van der Waals surface area contributed by atoms with Crippen LogP contribution in [0.4, 0.5) is 0 Å². The van der Waals surface area contributed by atoms with Gasteiger partial charge < -0.3 is 7.43 Å². The van der Waals surface area contributed by atoms with Crippen molar-refractivity contribution in [3.63, 3.8) is 0 Å². The molecule has 4 heteroatoms. The molecule has 0 aliphatic carbocycles. The smallest absolute Gasteiger partial charge is 0 e. The summed E-state index contributed by atoms with van der Waals surface area (Å²) < 4.78 is 1.16. The van der Waals surface area contributed by atoms with Crippen LogP contribution in [0.2, 0.25) is 0 Å². The molecule has 0 unspecified atom stereocenters. The summed E-state index contributed by atoms with van der Waals surface area (Å²) in [6.45, 7) is 6.42. The maximum absolute atomic E-state index is 2.93. The first kappa shape index (κ1) is 17.4. The van der Waals surface area contributed by atoms with Crippen molar-refractivity contribution >= 4 is 35.0 Å². The van der Waals surface area contributed by atoms with Crippen molar-refractivity contribution in [2.45, 2.75) is 13.8 Å². The van der Waals surface area contributed by atoms with Crippen molar-refractivity contribution < 1.29 is 19.5 Å². The minimum absolute atomic E-state index is 0. The van der Waals surface area contributed by atoms with Gasteiger partial charge in [0.25, 0.3) is 0 Å². The van der Waals surface area contributed by atoms with Crippen LogP contribution >= 0.6 is 0 Å². The summed E-state index contributed by atoms with van der Waals surface area (Å²) >= 11 is 5.86. The largest absolute Gasteiger partial charge is 0.358 e. The van der Waals surface area contributed by atoms with E-state index in [0.717, 1.165) is 16.5 Å². The van der Waals surface area contributed by atoms with Gasteiger partial charge in [-0.05, 0) is 0 Å². The van der Waals surface area contributed by atoms with Crippen LogP contribution in [0.1, 0.15) is 13.8 Å². The monoisotopic (exact) mass is 323 g/mol. The van der Waals surface area contributed by atoms with E-state index in [9.17, 15) is 0 Å². The molecule has 10 heavy (non-hydrogen) atoms. The molecule has 1 radical (unpaired) electrons. The molecular weight excluding hydrogens is 309 g/mol. The molecule has 0 spiro atoms. The third kappa shape index (κ3) is 7.44. The minimum atomic E-state index is 0. The van der Waals surface area contributed by atoms with Crippen molar-refractivity contribution in [1.29, 1.82) is 0 Å². The van der Waals surface area contributed by atoms with Gasteiger partial charge >= 0.3 is 66.9 Å². The van der Waals surface area contributed by atoms with Crippen LogP contribution < -0.4 is 0 Å². The topological polar surface area (TPSA) is 3.24 Å². The summed E-state index contributed by atoms with van der Waals surface area (Å²) in [7, 11) is 0. The first-order valence-electron chi connectivity index (χ1n) is 2.68. The zero-order valence-electron chi connectivity index (χ0n) is 6.89. The average molecular weight is 322 g/mol. The van der Waals surface area contributed by atoms with Crippen molar-refractivity contribution in [2.24, 2.45) is 0 Å². The summed E-state index contributed by atoms with van der Waals surface area (Å²) in [4.78, 5) is 2.22. The number of rotatable bonds is 3. The Labute approximate surface area is 93.2 Å². The van der Waals surface area contributed by atoms with Crippen molar-refractivity contribution in [2.75, 3.05) is 13.1 Å². The van der Waals surface area contributed by atoms with Crippen LogP contribution in [0.5, 0.6) is 0 Å².